The Morgan fingerprint density at radius 2 is 2.04 bits per heavy atom. The largest absolute Gasteiger partial charge is 0.416 e. The summed E-state index contributed by atoms with van der Waals surface area (Å²) in [6, 6.07) is 16.5. The Bertz CT molecular complexity index is 953. The molecule has 6 nitrogen and oxygen atoms in total. The van der Waals surface area contributed by atoms with Crippen molar-refractivity contribution in [3.8, 4) is 6.07 Å². The van der Waals surface area contributed by atoms with Crippen molar-refractivity contribution in [1.82, 2.24) is 10.2 Å². The molecule has 130 valence electrons. The highest BCUT2D eigenvalue weighted by Crippen LogP contribution is 2.22. The van der Waals surface area contributed by atoms with Crippen LogP contribution in [0.1, 0.15) is 17.0 Å². The van der Waals surface area contributed by atoms with Gasteiger partial charge in [-0.3, -0.25) is 4.79 Å². The fraction of sp³-hybridized carbons (Fsp3) is 0.111. The van der Waals surface area contributed by atoms with E-state index in [1.807, 2.05) is 36.4 Å². The molecule has 0 saturated carbocycles. The molecule has 26 heavy (non-hydrogen) atoms. The quantitative estimate of drug-likeness (QED) is 0.647. The first-order chi connectivity index (χ1) is 12.6. The Morgan fingerprint density at radius 1 is 1.23 bits per heavy atom. The zero-order valence-corrected chi connectivity index (χ0v) is 15.0. The number of thioether (sulfide) groups is 1. The number of nitriles is 1. The lowest BCUT2D eigenvalue weighted by Gasteiger charge is -2.06. The SMILES string of the molecule is N#Cc1ccc(Cl)cc1NC(=O)CSc1nnc(Cc2ccccc2)o1. The van der Waals surface area contributed by atoms with Crippen LogP contribution in [0.15, 0.2) is 58.2 Å². The number of amides is 1. The van der Waals surface area contributed by atoms with E-state index < -0.39 is 0 Å². The number of hydrogen-bond acceptors (Lipinski definition) is 6. The van der Waals surface area contributed by atoms with Gasteiger partial charge in [0.2, 0.25) is 11.8 Å². The van der Waals surface area contributed by atoms with Crippen LogP contribution in [-0.2, 0) is 11.2 Å². The molecule has 3 aromatic rings. The van der Waals surface area contributed by atoms with Crippen LogP contribution in [0.5, 0.6) is 0 Å². The number of anilines is 1. The molecule has 1 N–H and O–H groups in total. The molecule has 3 rings (SSSR count). The summed E-state index contributed by atoms with van der Waals surface area (Å²) in [4.78, 5) is 12.1. The highest BCUT2D eigenvalue weighted by Gasteiger charge is 2.12. The zero-order chi connectivity index (χ0) is 18.4. The van der Waals surface area contributed by atoms with Gasteiger partial charge in [0.15, 0.2) is 0 Å². The molecule has 0 unspecified atom stereocenters. The Labute approximate surface area is 159 Å². The highest BCUT2D eigenvalue weighted by atomic mass is 35.5. The molecular weight excluding hydrogens is 372 g/mol. The molecule has 0 aliphatic rings. The van der Waals surface area contributed by atoms with E-state index in [0.717, 1.165) is 17.3 Å². The molecule has 8 heteroatoms. The molecule has 0 aliphatic carbocycles. The van der Waals surface area contributed by atoms with Gasteiger partial charge in [-0.1, -0.05) is 53.7 Å². The topological polar surface area (TPSA) is 91.8 Å². The lowest BCUT2D eigenvalue weighted by molar-refractivity contribution is -0.113. The number of nitrogens with one attached hydrogen (secondary N) is 1. The summed E-state index contributed by atoms with van der Waals surface area (Å²) >= 11 is 7.03. The van der Waals surface area contributed by atoms with Crippen molar-refractivity contribution in [3.05, 3.63) is 70.6 Å². The van der Waals surface area contributed by atoms with Crippen molar-refractivity contribution in [3.63, 3.8) is 0 Å². The normalized spacial score (nSPS) is 10.3. The van der Waals surface area contributed by atoms with E-state index in [0.29, 0.717) is 33.8 Å². The first-order valence-corrected chi connectivity index (χ1v) is 8.99. The lowest BCUT2D eigenvalue weighted by Crippen LogP contribution is -2.15. The standard InChI is InChI=1S/C18H13ClN4O2S/c19-14-7-6-13(10-20)15(9-14)21-16(24)11-26-18-23-22-17(25-18)8-12-4-2-1-3-5-12/h1-7,9H,8,11H2,(H,21,24). The Balaban J connectivity index is 1.55. The van der Waals surface area contributed by atoms with E-state index in [1.165, 1.54) is 6.07 Å². The van der Waals surface area contributed by atoms with Crippen LogP contribution >= 0.6 is 23.4 Å². The summed E-state index contributed by atoms with van der Waals surface area (Å²) in [7, 11) is 0. The van der Waals surface area contributed by atoms with Crippen molar-refractivity contribution < 1.29 is 9.21 Å². The summed E-state index contributed by atoms with van der Waals surface area (Å²) in [5.41, 5.74) is 1.78. The second-order valence-electron chi connectivity index (χ2n) is 5.26. The van der Waals surface area contributed by atoms with E-state index in [1.54, 1.807) is 12.1 Å². The number of rotatable bonds is 6. The molecule has 0 aliphatic heterocycles. The molecule has 0 fully saturated rings. The van der Waals surface area contributed by atoms with Gasteiger partial charge in [0, 0.05) is 5.02 Å². The maximum Gasteiger partial charge on any atom is 0.277 e. The van der Waals surface area contributed by atoms with Crippen molar-refractivity contribution in [2.24, 2.45) is 0 Å². The minimum Gasteiger partial charge on any atom is -0.416 e. The molecule has 1 heterocycles. The van der Waals surface area contributed by atoms with Crippen LogP contribution in [0.3, 0.4) is 0 Å². The molecular formula is C18H13ClN4O2S. The summed E-state index contributed by atoms with van der Waals surface area (Å²) < 4.78 is 5.54. The number of nitrogens with zero attached hydrogens (tertiary/aromatic N) is 3. The third-order valence-electron chi connectivity index (χ3n) is 3.35. The summed E-state index contributed by atoms with van der Waals surface area (Å²) in [5.74, 6) is 0.266. The van der Waals surface area contributed by atoms with Crippen molar-refractivity contribution in [2.75, 3.05) is 11.1 Å². The van der Waals surface area contributed by atoms with Gasteiger partial charge < -0.3 is 9.73 Å². The molecule has 0 spiro atoms. The minimum absolute atomic E-state index is 0.0738. The number of carbonyl (C=O) groups excluding carboxylic acids is 1. The lowest BCUT2D eigenvalue weighted by atomic mass is 10.2. The van der Waals surface area contributed by atoms with Gasteiger partial charge >= 0.3 is 0 Å². The first kappa shape index (κ1) is 18.0. The second kappa shape index (κ2) is 8.52. The highest BCUT2D eigenvalue weighted by molar-refractivity contribution is 7.99. The van der Waals surface area contributed by atoms with Gasteiger partial charge in [-0.2, -0.15) is 5.26 Å². The third-order valence-corrected chi connectivity index (χ3v) is 4.40. The molecule has 0 bridgehead atoms. The van der Waals surface area contributed by atoms with Crippen LogP contribution in [-0.4, -0.2) is 21.9 Å². The van der Waals surface area contributed by atoms with Gasteiger partial charge in [-0.15, -0.1) is 10.2 Å². The fourth-order valence-electron chi connectivity index (χ4n) is 2.17. The molecule has 0 saturated heterocycles. The minimum atomic E-state index is -0.295. The van der Waals surface area contributed by atoms with Crippen molar-refractivity contribution in [1.29, 1.82) is 5.26 Å². The maximum atomic E-state index is 12.1. The van der Waals surface area contributed by atoms with Gasteiger partial charge in [0.1, 0.15) is 6.07 Å². The average Bonchev–Trinajstić information content (AvgIpc) is 3.08. The number of benzene rings is 2. The molecule has 2 aromatic carbocycles. The Hall–Kier alpha value is -2.82. The van der Waals surface area contributed by atoms with E-state index >= 15 is 0 Å². The predicted molar refractivity (Wildman–Crippen MR) is 99.1 cm³/mol. The number of halogens is 1. The van der Waals surface area contributed by atoms with Crippen LogP contribution in [0, 0.1) is 11.3 Å². The van der Waals surface area contributed by atoms with Crippen molar-refractivity contribution >= 4 is 35.0 Å². The van der Waals surface area contributed by atoms with Crippen LogP contribution in [0.2, 0.25) is 5.02 Å². The smallest absolute Gasteiger partial charge is 0.277 e. The fourth-order valence-corrected chi connectivity index (χ4v) is 2.92. The van der Waals surface area contributed by atoms with E-state index in [-0.39, 0.29) is 11.7 Å². The number of carbonyl (C=O) groups is 1. The number of hydrogen-bond donors (Lipinski definition) is 1. The molecule has 1 amide bonds. The van der Waals surface area contributed by atoms with E-state index in [9.17, 15) is 4.79 Å². The van der Waals surface area contributed by atoms with Crippen LogP contribution in [0.4, 0.5) is 5.69 Å². The Morgan fingerprint density at radius 3 is 2.81 bits per heavy atom. The predicted octanol–water partition coefficient (Wildman–Crippen LogP) is 3.92. The Kier molecular flexibility index (Phi) is 5.89. The molecule has 0 atom stereocenters. The zero-order valence-electron chi connectivity index (χ0n) is 13.5. The van der Waals surface area contributed by atoms with Crippen LogP contribution < -0.4 is 5.32 Å². The summed E-state index contributed by atoms with van der Waals surface area (Å²) in [6.07, 6.45) is 0.536. The van der Waals surface area contributed by atoms with Gasteiger partial charge in [-0.05, 0) is 23.8 Å². The number of aromatic nitrogens is 2. The second-order valence-corrected chi connectivity index (χ2v) is 6.63. The molecule has 1 aromatic heterocycles. The first-order valence-electron chi connectivity index (χ1n) is 7.62. The van der Waals surface area contributed by atoms with Gasteiger partial charge in [-0.25, -0.2) is 0 Å². The maximum absolute atomic E-state index is 12.1. The molecule has 0 radical (unpaired) electrons. The monoisotopic (exact) mass is 384 g/mol. The van der Waals surface area contributed by atoms with E-state index in [2.05, 4.69) is 15.5 Å². The average molecular weight is 385 g/mol. The van der Waals surface area contributed by atoms with Crippen LogP contribution in [0.25, 0.3) is 0 Å². The summed E-state index contributed by atoms with van der Waals surface area (Å²) in [6.45, 7) is 0. The van der Waals surface area contributed by atoms with E-state index in [4.69, 9.17) is 21.3 Å². The summed E-state index contributed by atoms with van der Waals surface area (Å²) in [5, 5.41) is 20.4. The van der Waals surface area contributed by atoms with Gasteiger partial charge in [0.25, 0.3) is 5.22 Å². The van der Waals surface area contributed by atoms with Crippen molar-refractivity contribution in [2.45, 2.75) is 11.6 Å². The van der Waals surface area contributed by atoms with Gasteiger partial charge in [0.05, 0.1) is 23.4 Å². The third kappa shape index (κ3) is 4.85.